The van der Waals surface area contributed by atoms with Crippen molar-refractivity contribution in [3.05, 3.63) is 11.4 Å². The van der Waals surface area contributed by atoms with Crippen LogP contribution in [0.25, 0.3) is 0 Å². The lowest BCUT2D eigenvalue weighted by molar-refractivity contribution is -0.141. The molecule has 0 spiro atoms. The van der Waals surface area contributed by atoms with Gasteiger partial charge in [-0.2, -0.15) is 5.10 Å². The minimum atomic E-state index is -0.686. The number of nitrogens with zero attached hydrogens (tertiary/aromatic N) is 3. The highest BCUT2D eigenvalue weighted by Crippen LogP contribution is 2.28. The Morgan fingerprint density at radius 2 is 2.18 bits per heavy atom. The topological polar surface area (TPSA) is 58.4 Å². The molecule has 1 aliphatic rings. The van der Waals surface area contributed by atoms with Crippen molar-refractivity contribution in [2.24, 2.45) is 13.0 Å². The van der Waals surface area contributed by atoms with E-state index in [2.05, 4.69) is 10.00 Å². The van der Waals surface area contributed by atoms with E-state index in [4.69, 9.17) is 5.11 Å². The van der Waals surface area contributed by atoms with E-state index >= 15 is 0 Å². The van der Waals surface area contributed by atoms with Crippen LogP contribution in [0.1, 0.15) is 24.2 Å². The number of hydrogen-bond acceptors (Lipinski definition) is 3. The standard InChI is InChI=1S/C12H19N3O2/c1-8-11(9(2)14(3)13-8)15-6-4-5-10(7-15)12(16)17/h10H,4-7H2,1-3H3,(H,16,17). The van der Waals surface area contributed by atoms with E-state index in [9.17, 15) is 4.79 Å². The van der Waals surface area contributed by atoms with Gasteiger partial charge in [0.05, 0.1) is 23.0 Å². The molecule has 1 aromatic heterocycles. The van der Waals surface area contributed by atoms with Gasteiger partial charge in [0, 0.05) is 20.1 Å². The molecule has 94 valence electrons. The van der Waals surface area contributed by atoms with E-state index in [1.165, 1.54) is 0 Å². The molecular formula is C12H19N3O2. The molecule has 17 heavy (non-hydrogen) atoms. The molecule has 5 nitrogen and oxygen atoms in total. The minimum absolute atomic E-state index is 0.247. The highest BCUT2D eigenvalue weighted by molar-refractivity contribution is 5.71. The summed E-state index contributed by atoms with van der Waals surface area (Å²) in [6, 6.07) is 0. The molecule has 5 heteroatoms. The van der Waals surface area contributed by atoms with Gasteiger partial charge < -0.3 is 10.0 Å². The Balaban J connectivity index is 2.24. The van der Waals surface area contributed by atoms with Gasteiger partial charge in [0.2, 0.25) is 0 Å². The van der Waals surface area contributed by atoms with Crippen LogP contribution in [-0.4, -0.2) is 33.9 Å². The third-order valence-corrected chi connectivity index (χ3v) is 3.56. The maximum Gasteiger partial charge on any atom is 0.308 e. The zero-order valence-corrected chi connectivity index (χ0v) is 10.6. The first kappa shape index (κ1) is 12.0. The largest absolute Gasteiger partial charge is 0.481 e. The summed E-state index contributed by atoms with van der Waals surface area (Å²) in [4.78, 5) is 13.2. The number of anilines is 1. The highest BCUT2D eigenvalue weighted by Gasteiger charge is 2.28. The maximum absolute atomic E-state index is 11.1. The summed E-state index contributed by atoms with van der Waals surface area (Å²) in [6.07, 6.45) is 1.72. The van der Waals surface area contributed by atoms with Crippen LogP contribution in [0.3, 0.4) is 0 Å². The molecule has 1 saturated heterocycles. The minimum Gasteiger partial charge on any atom is -0.481 e. The van der Waals surface area contributed by atoms with Crippen molar-refractivity contribution < 1.29 is 9.90 Å². The van der Waals surface area contributed by atoms with Gasteiger partial charge in [-0.05, 0) is 26.7 Å². The second-order valence-corrected chi connectivity index (χ2v) is 4.77. The molecule has 0 saturated carbocycles. The van der Waals surface area contributed by atoms with E-state index < -0.39 is 5.97 Å². The van der Waals surface area contributed by atoms with Crippen LogP contribution in [0.2, 0.25) is 0 Å². The third-order valence-electron chi connectivity index (χ3n) is 3.56. The number of carboxylic acid groups (broad SMARTS) is 1. The van der Waals surface area contributed by atoms with Gasteiger partial charge in [0.25, 0.3) is 0 Å². The predicted molar refractivity (Wildman–Crippen MR) is 65.3 cm³/mol. The number of aliphatic carboxylic acids is 1. The fourth-order valence-corrected chi connectivity index (χ4v) is 2.60. The molecule has 2 rings (SSSR count). The van der Waals surface area contributed by atoms with Crippen LogP contribution in [0.4, 0.5) is 5.69 Å². The molecule has 2 heterocycles. The Hall–Kier alpha value is -1.52. The average molecular weight is 237 g/mol. The Bertz CT molecular complexity index is 439. The molecule has 1 aromatic rings. The van der Waals surface area contributed by atoms with Crippen LogP contribution in [0, 0.1) is 19.8 Å². The van der Waals surface area contributed by atoms with Crippen molar-refractivity contribution in [1.29, 1.82) is 0 Å². The number of hydrogen-bond donors (Lipinski definition) is 1. The number of aryl methyl sites for hydroxylation is 2. The monoisotopic (exact) mass is 237 g/mol. The molecule has 1 aliphatic heterocycles. The van der Waals surface area contributed by atoms with Crippen LogP contribution >= 0.6 is 0 Å². The fourth-order valence-electron chi connectivity index (χ4n) is 2.60. The van der Waals surface area contributed by atoms with Gasteiger partial charge in [-0.1, -0.05) is 0 Å². The summed E-state index contributed by atoms with van der Waals surface area (Å²) in [5.74, 6) is -0.934. The average Bonchev–Trinajstić information content (AvgIpc) is 2.53. The van der Waals surface area contributed by atoms with E-state index in [1.54, 1.807) is 0 Å². The second kappa shape index (κ2) is 4.39. The quantitative estimate of drug-likeness (QED) is 0.843. The Kier molecular flexibility index (Phi) is 3.09. The molecule has 0 aliphatic carbocycles. The molecule has 1 fully saturated rings. The SMILES string of the molecule is Cc1nn(C)c(C)c1N1CCCC(C(=O)O)C1. The summed E-state index contributed by atoms with van der Waals surface area (Å²) >= 11 is 0. The molecular weight excluding hydrogens is 218 g/mol. The molecule has 1 atom stereocenters. The summed E-state index contributed by atoms with van der Waals surface area (Å²) in [5.41, 5.74) is 3.20. The zero-order chi connectivity index (χ0) is 12.6. The Labute approximate surface area is 101 Å². The molecule has 1 N–H and O–H groups in total. The summed E-state index contributed by atoms with van der Waals surface area (Å²) in [7, 11) is 1.92. The van der Waals surface area contributed by atoms with Gasteiger partial charge >= 0.3 is 5.97 Å². The molecule has 0 aromatic carbocycles. The molecule has 1 unspecified atom stereocenters. The van der Waals surface area contributed by atoms with Gasteiger partial charge in [0.15, 0.2) is 0 Å². The van der Waals surface area contributed by atoms with Crippen LogP contribution in [-0.2, 0) is 11.8 Å². The van der Waals surface area contributed by atoms with Gasteiger partial charge in [-0.15, -0.1) is 0 Å². The normalized spacial score (nSPS) is 20.6. The van der Waals surface area contributed by atoms with Crippen molar-refractivity contribution in [2.75, 3.05) is 18.0 Å². The molecule has 0 bridgehead atoms. The van der Waals surface area contributed by atoms with E-state index in [0.29, 0.717) is 6.54 Å². The van der Waals surface area contributed by atoms with Crippen molar-refractivity contribution in [3.63, 3.8) is 0 Å². The highest BCUT2D eigenvalue weighted by atomic mass is 16.4. The molecule has 0 amide bonds. The zero-order valence-electron chi connectivity index (χ0n) is 10.6. The van der Waals surface area contributed by atoms with Crippen LogP contribution < -0.4 is 4.90 Å². The van der Waals surface area contributed by atoms with Gasteiger partial charge in [0.1, 0.15) is 0 Å². The van der Waals surface area contributed by atoms with Crippen LogP contribution in [0.15, 0.2) is 0 Å². The maximum atomic E-state index is 11.1. The Morgan fingerprint density at radius 1 is 1.47 bits per heavy atom. The summed E-state index contributed by atoms with van der Waals surface area (Å²) < 4.78 is 1.86. The first-order valence-corrected chi connectivity index (χ1v) is 5.98. The van der Waals surface area contributed by atoms with E-state index in [1.807, 2.05) is 25.6 Å². The molecule has 0 radical (unpaired) electrons. The number of aromatic nitrogens is 2. The van der Waals surface area contributed by atoms with Gasteiger partial charge in [-0.25, -0.2) is 0 Å². The lowest BCUT2D eigenvalue weighted by Gasteiger charge is -2.32. The number of rotatable bonds is 2. The van der Waals surface area contributed by atoms with Crippen molar-refractivity contribution >= 4 is 11.7 Å². The smallest absolute Gasteiger partial charge is 0.308 e. The first-order valence-electron chi connectivity index (χ1n) is 5.98. The fraction of sp³-hybridized carbons (Fsp3) is 0.667. The number of carboxylic acids is 1. The lowest BCUT2D eigenvalue weighted by Crippen LogP contribution is -2.39. The Morgan fingerprint density at radius 3 is 2.71 bits per heavy atom. The van der Waals surface area contributed by atoms with Crippen molar-refractivity contribution in [3.8, 4) is 0 Å². The predicted octanol–water partition coefficient (Wildman–Crippen LogP) is 1.34. The van der Waals surface area contributed by atoms with Crippen LogP contribution in [0.5, 0.6) is 0 Å². The number of carbonyl (C=O) groups is 1. The number of piperidine rings is 1. The summed E-state index contributed by atoms with van der Waals surface area (Å²) in [6.45, 7) is 5.53. The summed E-state index contributed by atoms with van der Waals surface area (Å²) in [5, 5.41) is 13.5. The second-order valence-electron chi connectivity index (χ2n) is 4.77. The van der Waals surface area contributed by atoms with Crippen molar-refractivity contribution in [2.45, 2.75) is 26.7 Å². The van der Waals surface area contributed by atoms with E-state index in [-0.39, 0.29) is 5.92 Å². The third kappa shape index (κ3) is 2.14. The first-order chi connectivity index (χ1) is 8.00. The lowest BCUT2D eigenvalue weighted by atomic mass is 9.97. The van der Waals surface area contributed by atoms with Crippen molar-refractivity contribution in [1.82, 2.24) is 9.78 Å². The van der Waals surface area contributed by atoms with E-state index in [0.717, 1.165) is 36.5 Å². The van der Waals surface area contributed by atoms with Gasteiger partial charge in [-0.3, -0.25) is 9.48 Å².